The smallest absolute Gasteiger partial charge is 0.404 e. The van der Waals surface area contributed by atoms with Crippen LogP contribution < -0.4 is 14.4 Å². The van der Waals surface area contributed by atoms with Crippen LogP contribution in [0.4, 0.5) is 24.5 Å². The third-order valence-corrected chi connectivity index (χ3v) is 5.35. The molecule has 0 unspecified atom stereocenters. The summed E-state index contributed by atoms with van der Waals surface area (Å²) >= 11 is 0. The molecule has 0 spiro atoms. The van der Waals surface area contributed by atoms with Gasteiger partial charge in [-0.15, -0.1) is 13.2 Å². The van der Waals surface area contributed by atoms with E-state index in [0.29, 0.717) is 5.56 Å². The van der Waals surface area contributed by atoms with Gasteiger partial charge < -0.3 is 9.64 Å². The SMILES string of the molecule is CCN(CC)c1ccc(NS(=O)(=O)c2ccccc2OC(F)(F)F)c(C)c1. The van der Waals surface area contributed by atoms with E-state index in [-0.39, 0.29) is 5.69 Å². The van der Waals surface area contributed by atoms with Crippen LogP contribution in [0, 0.1) is 6.92 Å². The van der Waals surface area contributed by atoms with Crippen molar-refractivity contribution < 1.29 is 26.3 Å². The predicted octanol–water partition coefficient (Wildman–Crippen LogP) is 4.54. The minimum atomic E-state index is -4.99. The van der Waals surface area contributed by atoms with E-state index in [0.717, 1.165) is 30.9 Å². The van der Waals surface area contributed by atoms with Crippen molar-refractivity contribution in [2.24, 2.45) is 0 Å². The van der Waals surface area contributed by atoms with Crippen LogP contribution in [-0.2, 0) is 10.0 Å². The first kappa shape index (κ1) is 20.9. The number of rotatable bonds is 7. The van der Waals surface area contributed by atoms with Crippen LogP contribution in [0.25, 0.3) is 0 Å². The molecular formula is C18H21F3N2O3S. The van der Waals surface area contributed by atoms with Crippen LogP contribution in [0.1, 0.15) is 19.4 Å². The molecule has 148 valence electrons. The summed E-state index contributed by atoms with van der Waals surface area (Å²) in [7, 11) is -4.27. The van der Waals surface area contributed by atoms with Crippen molar-refractivity contribution in [1.29, 1.82) is 0 Å². The molecule has 0 amide bonds. The number of halogens is 3. The average Bonchev–Trinajstić information content (AvgIpc) is 2.57. The zero-order valence-electron chi connectivity index (χ0n) is 15.2. The Bertz CT molecular complexity index is 895. The minimum absolute atomic E-state index is 0.285. The Hall–Kier alpha value is -2.42. The Morgan fingerprint density at radius 1 is 1.07 bits per heavy atom. The van der Waals surface area contributed by atoms with Crippen LogP contribution in [0.15, 0.2) is 47.4 Å². The second-order valence-electron chi connectivity index (χ2n) is 5.77. The van der Waals surface area contributed by atoms with Gasteiger partial charge in [0.25, 0.3) is 10.0 Å². The first-order chi connectivity index (χ1) is 12.6. The maximum atomic E-state index is 12.6. The summed E-state index contributed by atoms with van der Waals surface area (Å²) in [6.45, 7) is 7.33. The van der Waals surface area contributed by atoms with Gasteiger partial charge in [-0.3, -0.25) is 4.72 Å². The molecule has 0 aliphatic carbocycles. The second kappa shape index (κ2) is 8.08. The van der Waals surface area contributed by atoms with Gasteiger partial charge in [-0.1, -0.05) is 12.1 Å². The molecule has 2 aromatic carbocycles. The lowest BCUT2D eigenvalue weighted by Gasteiger charge is -2.22. The summed E-state index contributed by atoms with van der Waals surface area (Å²) in [6, 6.07) is 9.78. The summed E-state index contributed by atoms with van der Waals surface area (Å²) in [5, 5.41) is 0. The number of alkyl halides is 3. The topological polar surface area (TPSA) is 58.6 Å². The molecule has 1 N–H and O–H groups in total. The van der Waals surface area contributed by atoms with E-state index in [2.05, 4.69) is 14.4 Å². The first-order valence-electron chi connectivity index (χ1n) is 8.30. The van der Waals surface area contributed by atoms with Crippen molar-refractivity contribution in [2.45, 2.75) is 32.0 Å². The van der Waals surface area contributed by atoms with Crippen LogP contribution >= 0.6 is 0 Å². The normalized spacial score (nSPS) is 11.9. The summed E-state index contributed by atoms with van der Waals surface area (Å²) in [6.07, 6.45) is -4.99. The summed E-state index contributed by atoms with van der Waals surface area (Å²) in [5.74, 6) is -0.782. The number of ether oxygens (including phenoxy) is 1. The maximum absolute atomic E-state index is 12.6. The molecule has 0 aliphatic heterocycles. The highest BCUT2D eigenvalue weighted by atomic mass is 32.2. The molecule has 0 aliphatic rings. The molecule has 0 radical (unpaired) electrons. The number of para-hydroxylation sites is 1. The van der Waals surface area contributed by atoms with Gasteiger partial charge >= 0.3 is 6.36 Å². The van der Waals surface area contributed by atoms with Crippen molar-refractivity contribution in [1.82, 2.24) is 0 Å². The molecule has 2 rings (SSSR count). The fourth-order valence-electron chi connectivity index (χ4n) is 2.63. The van der Waals surface area contributed by atoms with Crippen LogP contribution in [0.2, 0.25) is 0 Å². The molecule has 0 bridgehead atoms. The van der Waals surface area contributed by atoms with Gasteiger partial charge in [0, 0.05) is 18.8 Å². The Balaban J connectivity index is 2.35. The standard InChI is InChI=1S/C18H21F3N2O3S/c1-4-23(5-2)14-10-11-15(13(3)12-14)22-27(24,25)17-9-7-6-8-16(17)26-18(19,20)21/h6-12,22H,4-5H2,1-3H3. The minimum Gasteiger partial charge on any atom is -0.404 e. The van der Waals surface area contributed by atoms with E-state index in [9.17, 15) is 21.6 Å². The zero-order valence-corrected chi connectivity index (χ0v) is 16.0. The average molecular weight is 402 g/mol. The van der Waals surface area contributed by atoms with Gasteiger partial charge in [0.1, 0.15) is 10.6 Å². The van der Waals surface area contributed by atoms with Gasteiger partial charge in [0.2, 0.25) is 0 Å². The van der Waals surface area contributed by atoms with E-state index in [1.165, 1.54) is 12.1 Å². The third-order valence-electron chi connectivity index (χ3n) is 3.95. The van der Waals surface area contributed by atoms with Gasteiger partial charge in [0.15, 0.2) is 0 Å². The van der Waals surface area contributed by atoms with E-state index in [4.69, 9.17) is 0 Å². The van der Waals surface area contributed by atoms with Gasteiger partial charge in [-0.25, -0.2) is 8.42 Å². The molecule has 0 atom stereocenters. The molecule has 27 heavy (non-hydrogen) atoms. The highest BCUT2D eigenvalue weighted by Gasteiger charge is 2.34. The fraction of sp³-hybridized carbons (Fsp3) is 0.333. The Morgan fingerprint density at radius 2 is 1.70 bits per heavy atom. The fourth-order valence-corrected chi connectivity index (χ4v) is 3.89. The lowest BCUT2D eigenvalue weighted by molar-refractivity contribution is -0.275. The van der Waals surface area contributed by atoms with Crippen LogP contribution in [0.3, 0.4) is 0 Å². The van der Waals surface area contributed by atoms with Crippen molar-refractivity contribution in [3.8, 4) is 5.75 Å². The quantitative estimate of drug-likeness (QED) is 0.739. The van der Waals surface area contributed by atoms with Crippen molar-refractivity contribution in [3.63, 3.8) is 0 Å². The molecular weight excluding hydrogens is 381 g/mol. The monoisotopic (exact) mass is 402 g/mol. The predicted molar refractivity (Wildman–Crippen MR) is 98.7 cm³/mol. The number of hydrogen-bond donors (Lipinski definition) is 1. The van der Waals surface area contributed by atoms with Crippen molar-refractivity contribution >= 4 is 21.4 Å². The number of aryl methyl sites for hydroxylation is 1. The van der Waals surface area contributed by atoms with Crippen molar-refractivity contribution in [3.05, 3.63) is 48.0 Å². The Kier molecular flexibility index (Phi) is 6.25. The lowest BCUT2D eigenvalue weighted by atomic mass is 10.1. The van der Waals surface area contributed by atoms with E-state index >= 15 is 0 Å². The molecule has 0 heterocycles. The summed E-state index contributed by atoms with van der Waals surface area (Å²) in [5.41, 5.74) is 1.87. The molecule has 9 heteroatoms. The van der Waals surface area contributed by atoms with Crippen LogP contribution in [0.5, 0.6) is 5.75 Å². The molecule has 5 nitrogen and oxygen atoms in total. The van der Waals surface area contributed by atoms with E-state index < -0.39 is 27.0 Å². The molecule has 0 saturated carbocycles. The van der Waals surface area contributed by atoms with E-state index in [1.807, 2.05) is 19.9 Å². The maximum Gasteiger partial charge on any atom is 0.573 e. The molecule has 0 saturated heterocycles. The highest BCUT2D eigenvalue weighted by Crippen LogP contribution is 2.31. The molecule has 0 fully saturated rings. The summed E-state index contributed by atoms with van der Waals surface area (Å²) < 4.78 is 69.1. The third kappa shape index (κ3) is 5.29. The number of benzene rings is 2. The van der Waals surface area contributed by atoms with Crippen molar-refractivity contribution in [2.75, 3.05) is 22.7 Å². The first-order valence-corrected chi connectivity index (χ1v) is 9.79. The van der Waals surface area contributed by atoms with E-state index in [1.54, 1.807) is 19.1 Å². The second-order valence-corrected chi connectivity index (χ2v) is 7.42. The summed E-state index contributed by atoms with van der Waals surface area (Å²) in [4.78, 5) is 1.51. The van der Waals surface area contributed by atoms with Gasteiger partial charge in [-0.05, 0) is 56.7 Å². The molecule has 0 aromatic heterocycles. The largest absolute Gasteiger partial charge is 0.573 e. The number of anilines is 2. The highest BCUT2D eigenvalue weighted by molar-refractivity contribution is 7.92. The lowest BCUT2D eigenvalue weighted by Crippen LogP contribution is -2.22. The van der Waals surface area contributed by atoms with Crippen LogP contribution in [-0.4, -0.2) is 27.9 Å². The Morgan fingerprint density at radius 3 is 2.26 bits per heavy atom. The molecule has 2 aromatic rings. The number of sulfonamides is 1. The number of nitrogens with zero attached hydrogens (tertiary/aromatic N) is 1. The number of nitrogens with one attached hydrogen (secondary N) is 1. The Labute approximate surface area is 156 Å². The zero-order chi connectivity index (χ0) is 20.2. The van der Waals surface area contributed by atoms with Gasteiger partial charge in [0.05, 0.1) is 5.69 Å². The van der Waals surface area contributed by atoms with Gasteiger partial charge in [-0.2, -0.15) is 0 Å². The number of hydrogen-bond acceptors (Lipinski definition) is 4.